The van der Waals surface area contributed by atoms with Gasteiger partial charge in [-0.3, -0.25) is 10.3 Å². The Morgan fingerprint density at radius 1 is 1.43 bits per heavy atom. The molecular weight excluding hydrogens is 335 g/mol. The zero-order valence-electron chi connectivity index (χ0n) is 11.9. The molecule has 11 heteroatoms. The van der Waals surface area contributed by atoms with Crippen LogP contribution in [0.2, 0.25) is 0 Å². The first-order valence-electron chi connectivity index (χ1n) is 6.69. The Hall–Kier alpha value is -1.77. The maximum Gasteiger partial charge on any atom is 0.435 e. The molecule has 1 atom stereocenters. The van der Waals surface area contributed by atoms with Crippen LogP contribution in [0.4, 0.5) is 13.2 Å². The summed E-state index contributed by atoms with van der Waals surface area (Å²) in [6.07, 6.45) is 2.85. The van der Waals surface area contributed by atoms with Crippen molar-refractivity contribution in [3.05, 3.63) is 11.6 Å². The van der Waals surface area contributed by atoms with Gasteiger partial charge in [0.1, 0.15) is 0 Å². The van der Waals surface area contributed by atoms with E-state index < -0.39 is 27.2 Å². The monoisotopic (exact) mass is 349 g/mol. The van der Waals surface area contributed by atoms with Gasteiger partial charge in [0.25, 0.3) is 0 Å². The molecule has 0 saturated carbocycles. The minimum absolute atomic E-state index is 0.0625. The Labute approximate surface area is 131 Å². The fourth-order valence-corrected chi connectivity index (χ4v) is 4.48. The number of nitrogens with one attached hydrogen (secondary N) is 1. The third-order valence-electron chi connectivity index (χ3n) is 3.62. The maximum absolute atomic E-state index is 13.5. The lowest BCUT2D eigenvalue weighted by Gasteiger charge is -2.43. The average molecular weight is 349 g/mol. The molecule has 3 aliphatic rings. The van der Waals surface area contributed by atoms with E-state index in [1.54, 1.807) is 6.19 Å². The Kier molecular flexibility index (Phi) is 3.99. The summed E-state index contributed by atoms with van der Waals surface area (Å²) in [4.78, 5) is 9.10. The second-order valence-corrected chi connectivity index (χ2v) is 8.05. The zero-order chi connectivity index (χ0) is 16.6. The van der Waals surface area contributed by atoms with Crippen LogP contribution in [0.5, 0.6) is 0 Å². The van der Waals surface area contributed by atoms with Crippen molar-refractivity contribution in [2.45, 2.75) is 11.3 Å². The zero-order valence-corrected chi connectivity index (χ0v) is 12.7. The highest BCUT2D eigenvalue weighted by molar-refractivity contribution is 8.47. The number of guanidine groups is 1. The van der Waals surface area contributed by atoms with Gasteiger partial charge in [-0.15, -0.1) is 0 Å². The van der Waals surface area contributed by atoms with Gasteiger partial charge < -0.3 is 14.4 Å². The largest absolute Gasteiger partial charge is 0.435 e. The fourth-order valence-electron chi connectivity index (χ4n) is 2.53. The van der Waals surface area contributed by atoms with Crippen molar-refractivity contribution in [3.63, 3.8) is 0 Å². The molecule has 0 amide bonds. The Morgan fingerprint density at radius 3 is 2.74 bits per heavy atom. The third kappa shape index (κ3) is 2.89. The first-order chi connectivity index (χ1) is 10.9. The van der Waals surface area contributed by atoms with Crippen molar-refractivity contribution < 1.29 is 22.6 Å². The number of halogens is 3. The molecule has 1 spiro atoms. The highest BCUT2D eigenvalue weighted by Gasteiger charge is 2.52. The predicted octanol–water partition coefficient (Wildman–Crippen LogP) is 1.27. The van der Waals surface area contributed by atoms with Crippen LogP contribution in [-0.2, 0) is 9.47 Å². The summed E-state index contributed by atoms with van der Waals surface area (Å²) >= 11 is 0. The SMILES string of the molecule is N#CNC1=NCC2(CN1CS1(C(F)(F)F)C=CN=C1)OCCO2. The standard InChI is InChI=1S/C12H14F3N5O2S/c13-12(14,15)23(4-1-17-8-23)9-20-6-11(21-2-3-22-11)5-18-10(20)19-7-16/h1,4,8H,2-3,5-6,9H2,(H,18,19). The third-order valence-corrected chi connectivity index (χ3v) is 6.33. The van der Waals surface area contributed by atoms with Crippen molar-refractivity contribution >= 4 is 21.5 Å². The van der Waals surface area contributed by atoms with Crippen LogP contribution in [0.25, 0.3) is 0 Å². The number of hydrogen-bond acceptors (Lipinski definition) is 7. The molecule has 1 saturated heterocycles. The molecule has 0 aromatic heterocycles. The van der Waals surface area contributed by atoms with Crippen LogP contribution in [0.15, 0.2) is 21.6 Å². The van der Waals surface area contributed by atoms with Gasteiger partial charge in [0.15, 0.2) is 6.19 Å². The van der Waals surface area contributed by atoms with Gasteiger partial charge in [0.2, 0.25) is 11.7 Å². The van der Waals surface area contributed by atoms with E-state index >= 15 is 0 Å². The molecule has 0 bridgehead atoms. The quantitative estimate of drug-likeness (QED) is 0.600. The molecular formula is C12H14F3N5O2S. The Morgan fingerprint density at radius 2 is 2.17 bits per heavy atom. The van der Waals surface area contributed by atoms with Crippen LogP contribution >= 0.6 is 10.0 Å². The molecule has 3 heterocycles. The number of nitrogens with zero attached hydrogens (tertiary/aromatic N) is 4. The molecule has 3 rings (SSSR count). The molecule has 23 heavy (non-hydrogen) atoms. The molecule has 0 aromatic rings. The second-order valence-electron chi connectivity index (χ2n) is 5.15. The van der Waals surface area contributed by atoms with E-state index in [-0.39, 0.29) is 19.0 Å². The minimum atomic E-state index is -4.44. The van der Waals surface area contributed by atoms with Crippen LogP contribution in [-0.4, -0.2) is 59.9 Å². The van der Waals surface area contributed by atoms with Crippen molar-refractivity contribution in [2.75, 3.05) is 32.2 Å². The van der Waals surface area contributed by atoms with Crippen molar-refractivity contribution in [1.29, 1.82) is 5.26 Å². The maximum atomic E-state index is 13.5. The van der Waals surface area contributed by atoms with E-state index in [9.17, 15) is 13.2 Å². The molecule has 0 aliphatic carbocycles. The van der Waals surface area contributed by atoms with Crippen LogP contribution in [0.3, 0.4) is 0 Å². The van der Waals surface area contributed by atoms with E-state index in [4.69, 9.17) is 14.7 Å². The summed E-state index contributed by atoms with van der Waals surface area (Å²) in [5, 5.41) is 12.2. The Bertz CT molecular complexity index is 595. The highest BCUT2D eigenvalue weighted by Crippen LogP contribution is 2.63. The fraction of sp³-hybridized carbons (Fsp3) is 0.583. The number of ether oxygens (including phenoxy) is 2. The summed E-state index contributed by atoms with van der Waals surface area (Å²) < 4.78 is 51.6. The molecule has 126 valence electrons. The van der Waals surface area contributed by atoms with Gasteiger partial charge in [0.05, 0.1) is 37.7 Å². The summed E-state index contributed by atoms with van der Waals surface area (Å²) in [5.41, 5.74) is -3.50. The summed E-state index contributed by atoms with van der Waals surface area (Å²) in [5.74, 6) is -1.35. The van der Waals surface area contributed by atoms with Gasteiger partial charge in [-0.05, 0) is 5.41 Å². The topological polar surface area (TPSA) is 82.2 Å². The number of aliphatic imine (C=N–C) groups is 2. The second kappa shape index (κ2) is 5.70. The molecule has 0 aromatic carbocycles. The number of rotatable bonds is 2. The van der Waals surface area contributed by atoms with E-state index in [1.807, 2.05) is 0 Å². The number of hydrogen-bond donors (Lipinski definition) is 1. The Balaban J connectivity index is 1.87. The van der Waals surface area contributed by atoms with Gasteiger partial charge in [-0.1, -0.05) is 10.0 Å². The van der Waals surface area contributed by atoms with Crippen molar-refractivity contribution in [3.8, 4) is 6.19 Å². The van der Waals surface area contributed by atoms with Crippen LogP contribution < -0.4 is 5.32 Å². The molecule has 1 unspecified atom stereocenters. The van der Waals surface area contributed by atoms with E-state index in [1.165, 1.54) is 4.90 Å². The van der Waals surface area contributed by atoms with Crippen LogP contribution in [0.1, 0.15) is 0 Å². The smallest absolute Gasteiger partial charge is 0.344 e. The lowest BCUT2D eigenvalue weighted by atomic mass is 10.2. The van der Waals surface area contributed by atoms with Gasteiger partial charge in [0, 0.05) is 6.20 Å². The molecule has 3 aliphatic heterocycles. The van der Waals surface area contributed by atoms with E-state index in [0.29, 0.717) is 13.2 Å². The van der Waals surface area contributed by atoms with E-state index in [2.05, 4.69) is 15.3 Å². The lowest BCUT2D eigenvalue weighted by molar-refractivity contribution is -0.158. The van der Waals surface area contributed by atoms with Gasteiger partial charge in [-0.25, -0.2) is 4.99 Å². The molecule has 7 nitrogen and oxygen atoms in total. The summed E-state index contributed by atoms with van der Waals surface area (Å²) in [6, 6.07) is 0. The van der Waals surface area contributed by atoms with Gasteiger partial charge in [-0.2, -0.15) is 18.4 Å². The normalized spacial score (nSPS) is 31.7. The average Bonchev–Trinajstić information content (AvgIpc) is 3.12. The predicted molar refractivity (Wildman–Crippen MR) is 78.5 cm³/mol. The summed E-state index contributed by atoms with van der Waals surface area (Å²) in [7, 11) is -3.26. The first kappa shape index (κ1) is 16.1. The van der Waals surface area contributed by atoms with Gasteiger partial charge >= 0.3 is 5.51 Å². The first-order valence-corrected chi connectivity index (χ1v) is 8.62. The molecule has 1 N–H and O–H groups in total. The number of nitriles is 1. The lowest BCUT2D eigenvalue weighted by Crippen LogP contribution is -2.56. The highest BCUT2D eigenvalue weighted by atomic mass is 32.3. The van der Waals surface area contributed by atoms with Crippen molar-refractivity contribution in [1.82, 2.24) is 10.2 Å². The van der Waals surface area contributed by atoms with Crippen molar-refractivity contribution in [2.24, 2.45) is 9.98 Å². The van der Waals surface area contributed by atoms with Crippen LogP contribution in [0, 0.1) is 11.5 Å². The van der Waals surface area contributed by atoms with E-state index in [0.717, 1.165) is 17.2 Å². The number of alkyl halides is 3. The molecule has 0 radical (unpaired) electrons. The molecule has 1 fully saturated rings. The summed E-state index contributed by atoms with van der Waals surface area (Å²) in [6.45, 7) is 0.921. The minimum Gasteiger partial charge on any atom is -0.344 e.